The zero-order valence-electron chi connectivity index (χ0n) is 14.3. The lowest BCUT2D eigenvalue weighted by Gasteiger charge is -2.31. The van der Waals surface area contributed by atoms with E-state index in [4.69, 9.17) is 0 Å². The van der Waals surface area contributed by atoms with Crippen molar-refractivity contribution in [2.45, 2.75) is 25.7 Å². The molecular weight excluding hydrogens is 338 g/mol. The van der Waals surface area contributed by atoms with E-state index in [2.05, 4.69) is 20.1 Å². The minimum atomic E-state index is -2.59. The Morgan fingerprint density at radius 1 is 1.00 bits per heavy atom. The maximum absolute atomic E-state index is 13.5. The molecule has 1 fully saturated rings. The summed E-state index contributed by atoms with van der Waals surface area (Å²) in [5.41, 5.74) is 2.54. The number of piperidine rings is 1. The third-order valence-corrected chi connectivity index (χ3v) is 4.46. The molecule has 0 saturated carbocycles. The Kier molecular flexibility index (Phi) is 4.10. The minimum absolute atomic E-state index is 0.164. The van der Waals surface area contributed by atoms with Gasteiger partial charge in [0, 0.05) is 50.6 Å². The van der Waals surface area contributed by atoms with Crippen LogP contribution in [0.5, 0.6) is 0 Å². The van der Waals surface area contributed by atoms with Gasteiger partial charge in [0.05, 0.1) is 17.6 Å². The number of hydrogen-bond acceptors (Lipinski definition) is 5. The molecule has 0 unspecified atom stereocenters. The molecule has 0 spiro atoms. The number of aryl methyl sites for hydroxylation is 1. The average Bonchev–Trinajstić information content (AvgIpc) is 3.08. The quantitative estimate of drug-likeness (QED) is 0.721. The molecule has 3 aromatic heterocycles. The molecule has 8 heteroatoms. The van der Waals surface area contributed by atoms with Crippen molar-refractivity contribution in [3.05, 3.63) is 48.5 Å². The zero-order chi connectivity index (χ0) is 18.1. The third-order valence-electron chi connectivity index (χ3n) is 4.46. The lowest BCUT2D eigenvalue weighted by Crippen LogP contribution is -2.39. The average molecular weight is 356 g/mol. The van der Waals surface area contributed by atoms with E-state index in [1.54, 1.807) is 29.5 Å². The molecule has 0 bridgehead atoms. The number of pyridine rings is 1. The van der Waals surface area contributed by atoms with E-state index in [1.807, 2.05) is 30.0 Å². The van der Waals surface area contributed by atoms with Crippen molar-refractivity contribution in [3.8, 4) is 17.2 Å². The number of halogens is 2. The second kappa shape index (κ2) is 6.44. The number of hydrogen-bond donors (Lipinski definition) is 0. The summed E-state index contributed by atoms with van der Waals surface area (Å²) in [5, 5.41) is 4.61. The molecule has 1 aliphatic rings. The molecule has 0 radical (unpaired) electrons. The molecule has 6 nitrogen and oxygen atoms in total. The van der Waals surface area contributed by atoms with Crippen molar-refractivity contribution in [1.82, 2.24) is 24.7 Å². The standard InChI is InChI=1S/C18H18F2N6/c1-13-2-3-14(23-11-13)15-10-16(25-8-4-18(19,20)5-9-25)24-26(15)17-12-21-6-7-22-17/h2-3,6-7,10-12H,4-5,8-9H2,1H3. The van der Waals surface area contributed by atoms with Crippen LogP contribution in [-0.4, -0.2) is 43.7 Å². The first-order valence-corrected chi connectivity index (χ1v) is 8.44. The Labute approximate surface area is 149 Å². The van der Waals surface area contributed by atoms with E-state index in [-0.39, 0.29) is 25.9 Å². The highest BCUT2D eigenvalue weighted by atomic mass is 19.3. The fourth-order valence-electron chi connectivity index (χ4n) is 2.96. The van der Waals surface area contributed by atoms with Gasteiger partial charge in [-0.15, -0.1) is 5.10 Å². The van der Waals surface area contributed by atoms with Crippen LogP contribution in [0.25, 0.3) is 17.2 Å². The Morgan fingerprint density at radius 3 is 2.46 bits per heavy atom. The fraction of sp³-hybridized carbons (Fsp3) is 0.333. The van der Waals surface area contributed by atoms with Gasteiger partial charge in [-0.25, -0.2) is 18.4 Å². The van der Waals surface area contributed by atoms with Crippen LogP contribution in [0.4, 0.5) is 14.6 Å². The number of nitrogens with zero attached hydrogens (tertiary/aromatic N) is 6. The topological polar surface area (TPSA) is 59.7 Å². The first-order chi connectivity index (χ1) is 12.5. The molecule has 0 amide bonds. The van der Waals surface area contributed by atoms with Crippen molar-refractivity contribution in [3.63, 3.8) is 0 Å². The lowest BCUT2D eigenvalue weighted by atomic mass is 10.1. The monoisotopic (exact) mass is 356 g/mol. The Morgan fingerprint density at radius 2 is 1.81 bits per heavy atom. The van der Waals surface area contributed by atoms with Crippen molar-refractivity contribution in [2.24, 2.45) is 0 Å². The van der Waals surface area contributed by atoms with Gasteiger partial charge < -0.3 is 4.90 Å². The molecule has 4 rings (SSSR count). The van der Waals surface area contributed by atoms with E-state index in [0.717, 1.165) is 17.0 Å². The van der Waals surface area contributed by atoms with Gasteiger partial charge in [-0.2, -0.15) is 0 Å². The van der Waals surface area contributed by atoms with Crippen LogP contribution >= 0.6 is 0 Å². The molecule has 0 N–H and O–H groups in total. The predicted molar refractivity (Wildman–Crippen MR) is 93.5 cm³/mol. The summed E-state index contributed by atoms with van der Waals surface area (Å²) in [6, 6.07) is 5.75. The van der Waals surface area contributed by atoms with Crippen molar-refractivity contribution in [1.29, 1.82) is 0 Å². The van der Waals surface area contributed by atoms with E-state index in [0.29, 0.717) is 11.6 Å². The van der Waals surface area contributed by atoms with Gasteiger partial charge in [-0.05, 0) is 18.6 Å². The second-order valence-corrected chi connectivity index (χ2v) is 6.43. The largest absolute Gasteiger partial charge is 0.355 e. The molecule has 134 valence electrons. The maximum atomic E-state index is 13.5. The summed E-state index contributed by atoms with van der Waals surface area (Å²) in [6.45, 7) is 2.51. The van der Waals surface area contributed by atoms with Crippen LogP contribution in [0.15, 0.2) is 43.0 Å². The molecule has 3 aromatic rings. The highest BCUT2D eigenvalue weighted by Crippen LogP contribution is 2.32. The molecule has 4 heterocycles. The van der Waals surface area contributed by atoms with Gasteiger partial charge in [-0.3, -0.25) is 9.97 Å². The van der Waals surface area contributed by atoms with Crippen LogP contribution in [0, 0.1) is 6.92 Å². The molecule has 0 atom stereocenters. The highest BCUT2D eigenvalue weighted by molar-refractivity contribution is 5.62. The number of alkyl halides is 2. The molecule has 1 saturated heterocycles. The maximum Gasteiger partial charge on any atom is 0.251 e. The lowest BCUT2D eigenvalue weighted by molar-refractivity contribution is -0.0221. The minimum Gasteiger partial charge on any atom is -0.355 e. The summed E-state index contributed by atoms with van der Waals surface area (Å²) in [7, 11) is 0. The molecule has 26 heavy (non-hydrogen) atoms. The van der Waals surface area contributed by atoms with Gasteiger partial charge in [0.2, 0.25) is 0 Å². The van der Waals surface area contributed by atoms with Crippen LogP contribution in [-0.2, 0) is 0 Å². The SMILES string of the molecule is Cc1ccc(-c2cc(N3CCC(F)(F)CC3)nn2-c2cnccn2)nc1. The van der Waals surface area contributed by atoms with Crippen LogP contribution in [0.3, 0.4) is 0 Å². The van der Waals surface area contributed by atoms with Gasteiger partial charge in [0.1, 0.15) is 0 Å². The summed E-state index contributed by atoms with van der Waals surface area (Å²) in [5.74, 6) is -1.40. The highest BCUT2D eigenvalue weighted by Gasteiger charge is 2.35. The molecule has 0 aliphatic carbocycles. The number of rotatable bonds is 3. The zero-order valence-corrected chi connectivity index (χ0v) is 14.3. The van der Waals surface area contributed by atoms with Crippen molar-refractivity contribution < 1.29 is 8.78 Å². The smallest absolute Gasteiger partial charge is 0.251 e. The van der Waals surface area contributed by atoms with E-state index < -0.39 is 5.92 Å². The summed E-state index contributed by atoms with van der Waals surface area (Å²) in [6.07, 6.45) is 6.24. The Balaban J connectivity index is 1.74. The van der Waals surface area contributed by atoms with E-state index >= 15 is 0 Å². The molecule has 1 aliphatic heterocycles. The van der Waals surface area contributed by atoms with Crippen LogP contribution < -0.4 is 4.90 Å². The summed E-state index contributed by atoms with van der Waals surface area (Å²) >= 11 is 0. The normalized spacial score (nSPS) is 16.7. The third kappa shape index (κ3) is 3.26. The van der Waals surface area contributed by atoms with Gasteiger partial charge >= 0.3 is 0 Å². The Hall–Kier alpha value is -2.90. The van der Waals surface area contributed by atoms with E-state index in [9.17, 15) is 8.78 Å². The number of anilines is 1. The first kappa shape index (κ1) is 16.6. The van der Waals surface area contributed by atoms with Crippen LogP contribution in [0.2, 0.25) is 0 Å². The fourth-order valence-corrected chi connectivity index (χ4v) is 2.96. The summed E-state index contributed by atoms with van der Waals surface area (Å²) in [4.78, 5) is 14.7. The van der Waals surface area contributed by atoms with Crippen LogP contribution in [0.1, 0.15) is 18.4 Å². The van der Waals surface area contributed by atoms with Gasteiger partial charge in [0.15, 0.2) is 11.6 Å². The Bertz CT molecular complexity index is 882. The summed E-state index contributed by atoms with van der Waals surface area (Å²) < 4.78 is 28.6. The predicted octanol–water partition coefficient (Wildman–Crippen LogP) is 3.27. The van der Waals surface area contributed by atoms with E-state index in [1.165, 1.54) is 0 Å². The molecule has 0 aromatic carbocycles. The number of aromatic nitrogens is 5. The molecular formula is C18H18F2N6. The van der Waals surface area contributed by atoms with Crippen molar-refractivity contribution >= 4 is 5.82 Å². The van der Waals surface area contributed by atoms with Gasteiger partial charge in [0.25, 0.3) is 5.92 Å². The van der Waals surface area contributed by atoms with Crippen molar-refractivity contribution in [2.75, 3.05) is 18.0 Å². The first-order valence-electron chi connectivity index (χ1n) is 8.44. The second-order valence-electron chi connectivity index (χ2n) is 6.43. The van der Waals surface area contributed by atoms with Gasteiger partial charge in [-0.1, -0.05) is 6.07 Å².